The molecule has 0 aromatic heterocycles. The van der Waals surface area contributed by atoms with E-state index >= 15 is 0 Å². The average Bonchev–Trinajstić information content (AvgIpc) is 2.85. The summed E-state index contributed by atoms with van der Waals surface area (Å²) in [7, 11) is 3.29. The Morgan fingerprint density at radius 1 is 1.00 bits per heavy atom. The zero-order valence-corrected chi connectivity index (χ0v) is 23.9. The number of hydrogen-bond donors (Lipinski definition) is 0. The maximum Gasteiger partial charge on any atom is 0.248 e. The normalized spacial score (nSPS) is 18.6. The predicted molar refractivity (Wildman–Crippen MR) is 141 cm³/mol. The molecule has 206 valence electrons. The molecular weight excluding hydrogens is 482 g/mol. The molecule has 0 aliphatic heterocycles. The van der Waals surface area contributed by atoms with Gasteiger partial charge in [0.15, 0.2) is 0 Å². The molecule has 0 saturated heterocycles. The molecule has 1 aliphatic carbocycles. The number of hydrogen-bond acceptors (Lipinski definition) is 7. The first-order valence-corrected chi connectivity index (χ1v) is 14.2. The van der Waals surface area contributed by atoms with E-state index in [1.165, 1.54) is 11.4 Å². The lowest BCUT2D eigenvalue weighted by molar-refractivity contribution is -0.138. The summed E-state index contributed by atoms with van der Waals surface area (Å²) >= 11 is 0. The molecule has 1 fully saturated rings. The number of rotatable bonds is 14. The van der Waals surface area contributed by atoms with Crippen molar-refractivity contribution in [3.8, 4) is 5.75 Å². The molecule has 0 bridgehead atoms. The number of ether oxygens (including phenoxy) is 3. The first-order chi connectivity index (χ1) is 17.0. The minimum Gasteiger partial charge on any atom is -0.497 e. The zero-order valence-electron chi connectivity index (χ0n) is 23.1. The van der Waals surface area contributed by atoms with Crippen molar-refractivity contribution in [3.63, 3.8) is 0 Å². The van der Waals surface area contributed by atoms with Crippen molar-refractivity contribution in [2.24, 2.45) is 0 Å². The number of sulfonamides is 1. The van der Waals surface area contributed by atoms with Gasteiger partial charge in [0, 0.05) is 33.2 Å². The molecule has 9 nitrogen and oxygen atoms in total. The Balaban J connectivity index is 1.75. The van der Waals surface area contributed by atoms with E-state index in [1.54, 1.807) is 38.0 Å². The van der Waals surface area contributed by atoms with Gasteiger partial charge in [0.25, 0.3) is 0 Å². The van der Waals surface area contributed by atoms with Crippen LogP contribution in [0.4, 0.5) is 0 Å². The van der Waals surface area contributed by atoms with Crippen LogP contribution in [0, 0.1) is 13.8 Å². The maximum atomic E-state index is 13.1. The van der Waals surface area contributed by atoms with E-state index < -0.39 is 10.0 Å². The number of nitrogens with zero attached hydrogens (tertiary/aromatic N) is 3. The highest BCUT2D eigenvalue weighted by Gasteiger charge is 2.28. The highest BCUT2D eigenvalue weighted by Crippen LogP contribution is 2.28. The summed E-state index contributed by atoms with van der Waals surface area (Å²) in [5.41, 5.74) is 1.26. The van der Waals surface area contributed by atoms with Gasteiger partial charge in [0.05, 0.1) is 31.3 Å². The molecule has 0 spiro atoms. The van der Waals surface area contributed by atoms with E-state index in [0.717, 1.165) is 45.4 Å². The van der Waals surface area contributed by atoms with E-state index in [2.05, 4.69) is 18.9 Å². The Hall–Kier alpha value is -1.72. The van der Waals surface area contributed by atoms with Crippen LogP contribution in [-0.2, 0) is 24.3 Å². The Kier molecular flexibility index (Phi) is 12.1. The number of amides is 1. The molecular formula is C26H45N3O6S. The van der Waals surface area contributed by atoms with E-state index in [0.29, 0.717) is 16.9 Å². The molecule has 36 heavy (non-hydrogen) atoms. The number of carbonyl (C=O) groups excluding carboxylic acids is 1. The Morgan fingerprint density at radius 2 is 1.61 bits per heavy atom. The molecule has 0 heterocycles. The van der Waals surface area contributed by atoms with Crippen LogP contribution in [0.5, 0.6) is 5.75 Å². The number of carbonyl (C=O) groups is 1. The average molecular weight is 528 g/mol. The second-order valence-electron chi connectivity index (χ2n) is 9.67. The van der Waals surface area contributed by atoms with E-state index in [4.69, 9.17) is 14.2 Å². The van der Waals surface area contributed by atoms with E-state index in [9.17, 15) is 13.2 Å². The van der Waals surface area contributed by atoms with Gasteiger partial charge in [-0.1, -0.05) is 6.92 Å². The summed E-state index contributed by atoms with van der Waals surface area (Å²) < 4.78 is 44.3. The van der Waals surface area contributed by atoms with Crippen molar-refractivity contribution in [3.05, 3.63) is 23.3 Å². The quantitative estimate of drug-likeness (QED) is 0.344. The molecule has 1 saturated carbocycles. The van der Waals surface area contributed by atoms with Crippen molar-refractivity contribution in [1.29, 1.82) is 0 Å². The molecule has 0 unspecified atom stereocenters. The fraction of sp³-hybridized carbons (Fsp3) is 0.731. The van der Waals surface area contributed by atoms with Crippen molar-refractivity contribution >= 4 is 15.9 Å². The molecule has 0 N–H and O–H groups in total. The molecule has 2 rings (SSSR count). The topological polar surface area (TPSA) is 88.6 Å². The largest absolute Gasteiger partial charge is 0.497 e. The highest BCUT2D eigenvalue weighted by molar-refractivity contribution is 7.89. The summed E-state index contributed by atoms with van der Waals surface area (Å²) in [6.07, 6.45) is 4.00. The first-order valence-electron chi connectivity index (χ1n) is 12.8. The minimum absolute atomic E-state index is 0.0647. The van der Waals surface area contributed by atoms with Crippen LogP contribution in [0.15, 0.2) is 17.0 Å². The smallest absolute Gasteiger partial charge is 0.248 e. The summed E-state index contributed by atoms with van der Waals surface area (Å²) in [5.74, 6) is 0.537. The van der Waals surface area contributed by atoms with Gasteiger partial charge in [-0.15, -0.1) is 0 Å². The monoisotopic (exact) mass is 527 g/mol. The number of benzene rings is 1. The van der Waals surface area contributed by atoms with Crippen molar-refractivity contribution in [2.45, 2.75) is 63.5 Å². The molecule has 1 aromatic carbocycles. The standard InChI is InChI=1S/C26H45N3O6S/c1-8-27(4)13-16-35-23-11-9-22(10-12-23)29(6)25(30)19-34-15-14-28(5)36(31,32)26-20(2)17-24(33-7)18-21(26)3/h17-18,22-23H,8-16,19H2,1-7H3/t22-,23+. The van der Waals surface area contributed by atoms with Gasteiger partial charge in [-0.3, -0.25) is 4.79 Å². The van der Waals surface area contributed by atoms with Crippen LogP contribution >= 0.6 is 0 Å². The Morgan fingerprint density at radius 3 is 2.17 bits per heavy atom. The second kappa shape index (κ2) is 14.3. The lowest BCUT2D eigenvalue weighted by Gasteiger charge is -2.34. The fourth-order valence-corrected chi connectivity index (χ4v) is 6.06. The Bertz CT molecular complexity index is 924. The minimum atomic E-state index is -3.69. The van der Waals surface area contributed by atoms with Crippen molar-refractivity contribution in [2.75, 3.05) is 67.7 Å². The maximum absolute atomic E-state index is 13.1. The van der Waals surface area contributed by atoms with Crippen LogP contribution in [0.2, 0.25) is 0 Å². The van der Waals surface area contributed by atoms with Gasteiger partial charge in [-0.25, -0.2) is 8.42 Å². The number of methoxy groups -OCH3 is 1. The fourth-order valence-electron chi connectivity index (χ4n) is 4.50. The van der Waals surface area contributed by atoms with Gasteiger partial charge < -0.3 is 24.0 Å². The predicted octanol–water partition coefficient (Wildman–Crippen LogP) is 2.69. The zero-order chi connectivity index (χ0) is 26.9. The van der Waals surface area contributed by atoms with E-state index in [1.807, 2.05) is 7.05 Å². The molecule has 0 radical (unpaired) electrons. The van der Waals surface area contributed by atoms with Crippen LogP contribution in [0.25, 0.3) is 0 Å². The second-order valence-corrected chi connectivity index (χ2v) is 11.7. The summed E-state index contributed by atoms with van der Waals surface area (Å²) in [5, 5.41) is 0. The summed E-state index contributed by atoms with van der Waals surface area (Å²) in [6, 6.07) is 3.61. The third kappa shape index (κ3) is 8.41. The number of likely N-dealkylation sites (N-methyl/N-ethyl adjacent to an activating group) is 3. The molecule has 0 atom stereocenters. The van der Waals surface area contributed by atoms with Crippen molar-refractivity contribution in [1.82, 2.24) is 14.1 Å². The van der Waals surface area contributed by atoms with Gasteiger partial charge in [-0.2, -0.15) is 4.31 Å². The molecule has 1 aliphatic rings. The number of aryl methyl sites for hydroxylation is 2. The molecule has 1 amide bonds. The van der Waals surface area contributed by atoms with Crippen LogP contribution in [-0.4, -0.2) is 108 Å². The SMILES string of the molecule is CCN(C)CCO[C@H]1CC[C@@H](N(C)C(=O)COCCN(C)S(=O)(=O)c2c(C)cc(OC)cc2C)CC1. The van der Waals surface area contributed by atoms with Crippen molar-refractivity contribution < 1.29 is 27.4 Å². The summed E-state index contributed by atoms with van der Waals surface area (Å²) in [4.78, 5) is 16.9. The van der Waals surface area contributed by atoms with Gasteiger partial charge in [0.2, 0.25) is 15.9 Å². The Labute approximate surface area is 217 Å². The molecule has 10 heteroatoms. The lowest BCUT2D eigenvalue weighted by atomic mass is 9.92. The van der Waals surface area contributed by atoms with E-state index in [-0.39, 0.29) is 42.7 Å². The van der Waals surface area contributed by atoms with Gasteiger partial charge >= 0.3 is 0 Å². The van der Waals surface area contributed by atoms with Gasteiger partial charge in [-0.05, 0) is 76.4 Å². The molecule has 1 aromatic rings. The van der Waals surface area contributed by atoms with Crippen LogP contribution in [0.3, 0.4) is 0 Å². The van der Waals surface area contributed by atoms with Crippen LogP contribution < -0.4 is 4.74 Å². The van der Waals surface area contributed by atoms with Crippen LogP contribution in [0.1, 0.15) is 43.7 Å². The third-order valence-corrected chi connectivity index (χ3v) is 9.23. The van der Waals surface area contributed by atoms with Gasteiger partial charge in [0.1, 0.15) is 12.4 Å². The summed E-state index contributed by atoms with van der Waals surface area (Å²) in [6.45, 7) is 8.55. The first kappa shape index (κ1) is 30.5. The highest BCUT2D eigenvalue weighted by atomic mass is 32.2. The lowest BCUT2D eigenvalue weighted by Crippen LogP contribution is -2.42. The third-order valence-electron chi connectivity index (χ3n) is 7.07.